The molecule has 0 atom stereocenters. The lowest BCUT2D eigenvalue weighted by atomic mass is 10.1. The SMILES string of the molecule is Clc1cccc2c1ccc1c(Br)coc12. The van der Waals surface area contributed by atoms with Crippen LogP contribution in [-0.2, 0) is 0 Å². The number of hydrogen-bond donors (Lipinski definition) is 0. The van der Waals surface area contributed by atoms with Gasteiger partial charge in [-0.15, -0.1) is 0 Å². The number of rotatable bonds is 0. The molecule has 0 unspecified atom stereocenters. The summed E-state index contributed by atoms with van der Waals surface area (Å²) in [6, 6.07) is 9.85. The van der Waals surface area contributed by atoms with Gasteiger partial charge in [0.15, 0.2) is 0 Å². The van der Waals surface area contributed by atoms with Gasteiger partial charge in [-0.05, 0) is 28.1 Å². The molecule has 3 rings (SSSR count). The second-order valence-corrected chi connectivity index (χ2v) is 4.62. The highest BCUT2D eigenvalue weighted by Crippen LogP contribution is 2.34. The Labute approximate surface area is 99.8 Å². The molecule has 15 heavy (non-hydrogen) atoms. The molecule has 0 aliphatic carbocycles. The van der Waals surface area contributed by atoms with Crippen molar-refractivity contribution in [1.29, 1.82) is 0 Å². The summed E-state index contributed by atoms with van der Waals surface area (Å²) in [6.07, 6.45) is 1.70. The highest BCUT2D eigenvalue weighted by molar-refractivity contribution is 9.10. The van der Waals surface area contributed by atoms with Gasteiger partial charge in [0, 0.05) is 21.2 Å². The van der Waals surface area contributed by atoms with Crippen LogP contribution in [0.25, 0.3) is 21.7 Å². The smallest absolute Gasteiger partial charge is 0.142 e. The van der Waals surface area contributed by atoms with Crippen LogP contribution in [0.3, 0.4) is 0 Å². The van der Waals surface area contributed by atoms with E-state index < -0.39 is 0 Å². The zero-order valence-electron chi connectivity index (χ0n) is 7.63. The van der Waals surface area contributed by atoms with Crippen molar-refractivity contribution in [2.75, 3.05) is 0 Å². The predicted molar refractivity (Wildman–Crippen MR) is 66.4 cm³/mol. The van der Waals surface area contributed by atoms with E-state index in [1.807, 2.05) is 30.3 Å². The maximum absolute atomic E-state index is 6.11. The van der Waals surface area contributed by atoms with Crippen LogP contribution in [0, 0.1) is 0 Å². The van der Waals surface area contributed by atoms with E-state index in [0.29, 0.717) is 0 Å². The first-order chi connectivity index (χ1) is 7.27. The number of fused-ring (bicyclic) bond motifs is 3. The molecule has 0 aliphatic heterocycles. The van der Waals surface area contributed by atoms with Crippen molar-refractivity contribution in [1.82, 2.24) is 0 Å². The molecule has 0 amide bonds. The summed E-state index contributed by atoms with van der Waals surface area (Å²) in [6.45, 7) is 0. The van der Waals surface area contributed by atoms with Crippen molar-refractivity contribution >= 4 is 49.3 Å². The molecule has 74 valence electrons. The van der Waals surface area contributed by atoms with Gasteiger partial charge in [-0.1, -0.05) is 29.8 Å². The Bertz CT molecular complexity index is 657. The molecule has 0 fully saturated rings. The van der Waals surface area contributed by atoms with Gasteiger partial charge in [-0.25, -0.2) is 0 Å². The van der Waals surface area contributed by atoms with Gasteiger partial charge < -0.3 is 4.42 Å². The summed E-state index contributed by atoms with van der Waals surface area (Å²) in [4.78, 5) is 0. The van der Waals surface area contributed by atoms with Gasteiger partial charge in [0.05, 0.1) is 4.47 Å². The summed E-state index contributed by atoms with van der Waals surface area (Å²) in [5.74, 6) is 0. The van der Waals surface area contributed by atoms with Crippen molar-refractivity contribution in [2.45, 2.75) is 0 Å². The minimum atomic E-state index is 0.752. The molecular formula is C12H6BrClO. The Morgan fingerprint density at radius 1 is 1.00 bits per heavy atom. The quantitative estimate of drug-likeness (QED) is 0.565. The molecule has 1 aromatic heterocycles. The monoisotopic (exact) mass is 280 g/mol. The third-order valence-electron chi connectivity index (χ3n) is 2.50. The first kappa shape index (κ1) is 9.25. The van der Waals surface area contributed by atoms with Gasteiger partial charge in [0.1, 0.15) is 11.8 Å². The molecule has 0 aliphatic rings. The molecule has 0 radical (unpaired) electrons. The fourth-order valence-electron chi connectivity index (χ4n) is 1.78. The number of hydrogen-bond acceptors (Lipinski definition) is 1. The van der Waals surface area contributed by atoms with E-state index in [2.05, 4.69) is 15.9 Å². The van der Waals surface area contributed by atoms with Gasteiger partial charge in [0.25, 0.3) is 0 Å². The summed E-state index contributed by atoms with van der Waals surface area (Å²) >= 11 is 9.56. The highest BCUT2D eigenvalue weighted by Gasteiger charge is 2.08. The lowest BCUT2D eigenvalue weighted by Crippen LogP contribution is -1.74. The Hall–Kier alpha value is -0.990. The fourth-order valence-corrected chi connectivity index (χ4v) is 2.42. The maximum atomic E-state index is 6.11. The van der Waals surface area contributed by atoms with Crippen molar-refractivity contribution in [2.24, 2.45) is 0 Å². The van der Waals surface area contributed by atoms with Gasteiger partial charge in [-0.2, -0.15) is 0 Å². The second-order valence-electron chi connectivity index (χ2n) is 3.36. The number of benzene rings is 2. The fraction of sp³-hybridized carbons (Fsp3) is 0. The third kappa shape index (κ3) is 1.29. The molecule has 0 spiro atoms. The van der Waals surface area contributed by atoms with Crippen molar-refractivity contribution in [3.8, 4) is 0 Å². The predicted octanol–water partition coefficient (Wildman–Crippen LogP) is 5.00. The summed E-state index contributed by atoms with van der Waals surface area (Å²) in [5, 5.41) is 3.89. The van der Waals surface area contributed by atoms with Gasteiger partial charge in [-0.3, -0.25) is 0 Å². The number of furan rings is 1. The van der Waals surface area contributed by atoms with E-state index in [0.717, 1.165) is 31.2 Å². The molecule has 0 saturated carbocycles. The topological polar surface area (TPSA) is 13.1 Å². The first-order valence-electron chi connectivity index (χ1n) is 4.51. The van der Waals surface area contributed by atoms with E-state index in [9.17, 15) is 0 Å². The molecule has 3 heteroatoms. The molecule has 0 N–H and O–H groups in total. The summed E-state index contributed by atoms with van der Waals surface area (Å²) in [5.41, 5.74) is 0.877. The molecule has 3 aromatic rings. The average Bonchev–Trinajstić information content (AvgIpc) is 2.61. The van der Waals surface area contributed by atoms with Crippen LogP contribution >= 0.6 is 27.5 Å². The van der Waals surface area contributed by atoms with Crippen LogP contribution < -0.4 is 0 Å². The second kappa shape index (κ2) is 3.26. The normalized spacial score (nSPS) is 11.3. The average molecular weight is 282 g/mol. The van der Waals surface area contributed by atoms with E-state index in [4.69, 9.17) is 16.0 Å². The maximum Gasteiger partial charge on any atom is 0.142 e. The minimum Gasteiger partial charge on any atom is -0.462 e. The van der Waals surface area contributed by atoms with Crippen LogP contribution in [0.1, 0.15) is 0 Å². The Balaban J connectivity index is 2.61. The lowest BCUT2D eigenvalue weighted by molar-refractivity contribution is 0.617. The molecule has 0 bridgehead atoms. The van der Waals surface area contributed by atoms with Crippen molar-refractivity contribution in [3.05, 3.63) is 46.1 Å². The van der Waals surface area contributed by atoms with Crippen molar-refractivity contribution in [3.63, 3.8) is 0 Å². The van der Waals surface area contributed by atoms with Gasteiger partial charge >= 0.3 is 0 Å². The Morgan fingerprint density at radius 3 is 2.67 bits per heavy atom. The van der Waals surface area contributed by atoms with E-state index in [1.54, 1.807) is 6.26 Å². The lowest BCUT2D eigenvalue weighted by Gasteiger charge is -2.00. The molecule has 1 nitrogen and oxygen atoms in total. The largest absolute Gasteiger partial charge is 0.462 e. The van der Waals surface area contributed by atoms with E-state index in [-0.39, 0.29) is 0 Å². The van der Waals surface area contributed by atoms with E-state index in [1.165, 1.54) is 0 Å². The highest BCUT2D eigenvalue weighted by atomic mass is 79.9. The Morgan fingerprint density at radius 2 is 1.80 bits per heavy atom. The van der Waals surface area contributed by atoms with Gasteiger partial charge in [0.2, 0.25) is 0 Å². The minimum absolute atomic E-state index is 0.752. The van der Waals surface area contributed by atoms with Crippen LogP contribution in [-0.4, -0.2) is 0 Å². The van der Waals surface area contributed by atoms with E-state index >= 15 is 0 Å². The van der Waals surface area contributed by atoms with Crippen LogP contribution in [0.5, 0.6) is 0 Å². The summed E-state index contributed by atoms with van der Waals surface area (Å²) < 4.78 is 6.48. The van der Waals surface area contributed by atoms with Crippen LogP contribution in [0.2, 0.25) is 5.02 Å². The zero-order valence-corrected chi connectivity index (χ0v) is 9.97. The molecule has 2 aromatic carbocycles. The number of halogens is 2. The first-order valence-corrected chi connectivity index (χ1v) is 5.68. The van der Waals surface area contributed by atoms with Crippen LogP contribution in [0.15, 0.2) is 45.5 Å². The summed E-state index contributed by atoms with van der Waals surface area (Å²) in [7, 11) is 0. The molecule has 0 saturated heterocycles. The van der Waals surface area contributed by atoms with Crippen molar-refractivity contribution < 1.29 is 4.42 Å². The molecule has 1 heterocycles. The molecular weight excluding hydrogens is 275 g/mol. The standard InChI is InChI=1S/C12H6BrClO/c13-10-6-15-12-8-2-1-3-11(14)7(8)4-5-9(10)12/h1-6H. The Kier molecular flexibility index (Phi) is 2.01. The third-order valence-corrected chi connectivity index (χ3v) is 3.44. The zero-order chi connectivity index (χ0) is 10.4. The van der Waals surface area contributed by atoms with Crippen LogP contribution in [0.4, 0.5) is 0 Å².